The van der Waals surface area contributed by atoms with E-state index in [4.69, 9.17) is 6.72 Å². The molecule has 0 aromatic heterocycles. The molecule has 0 aromatic carbocycles. The van der Waals surface area contributed by atoms with E-state index in [2.05, 4.69) is 23.8 Å². The van der Waals surface area contributed by atoms with Crippen molar-refractivity contribution in [2.24, 2.45) is 11.1 Å². The Labute approximate surface area is 56.9 Å². The molecule has 0 aromatic rings. The fourth-order valence-electron chi connectivity index (χ4n) is 0.746. The third-order valence-corrected chi connectivity index (χ3v) is 1.22. The minimum Gasteiger partial charge on any atom is -0.395 e. The van der Waals surface area contributed by atoms with Gasteiger partial charge in [-0.1, -0.05) is 25.4 Å². The minimum absolute atomic E-state index is 0.572. The Morgan fingerprint density at radius 2 is 2.33 bits per heavy atom. The van der Waals surface area contributed by atoms with Gasteiger partial charge in [0.25, 0.3) is 0 Å². The van der Waals surface area contributed by atoms with Crippen molar-refractivity contribution < 1.29 is 4.84 Å². The molecule has 0 saturated carbocycles. The summed E-state index contributed by atoms with van der Waals surface area (Å²) < 4.78 is 0. The molecule has 0 rings (SSSR count). The average Bonchev–Trinajstić information content (AvgIpc) is 1.85. The van der Waals surface area contributed by atoms with E-state index in [-0.39, 0.29) is 0 Å². The highest BCUT2D eigenvalue weighted by atomic mass is 16.6. The third kappa shape index (κ3) is 5.34. The molecule has 0 saturated heterocycles. The molecular weight excluding hydrogens is 114 g/mol. The summed E-state index contributed by atoms with van der Waals surface area (Å²) in [4.78, 5) is 4.65. The first-order chi connectivity index (χ1) is 4.31. The zero-order valence-corrected chi connectivity index (χ0v) is 6.13. The second-order valence-corrected chi connectivity index (χ2v) is 2.30. The van der Waals surface area contributed by atoms with Crippen LogP contribution in [-0.2, 0) is 4.84 Å². The van der Waals surface area contributed by atoms with Gasteiger partial charge in [0.1, 0.15) is 6.61 Å². The maximum atomic E-state index is 4.78. The molecule has 53 valence electrons. The van der Waals surface area contributed by atoms with E-state index in [1.54, 1.807) is 0 Å². The van der Waals surface area contributed by atoms with E-state index in [9.17, 15) is 0 Å². The molecule has 2 nitrogen and oxygen atoms in total. The van der Waals surface area contributed by atoms with Gasteiger partial charge >= 0.3 is 0 Å². The van der Waals surface area contributed by atoms with E-state index in [1.807, 2.05) is 0 Å². The molecule has 0 amide bonds. The fourth-order valence-corrected chi connectivity index (χ4v) is 0.746. The van der Waals surface area contributed by atoms with E-state index >= 15 is 0 Å². The molecule has 9 heavy (non-hydrogen) atoms. The van der Waals surface area contributed by atoms with E-state index < -0.39 is 0 Å². The molecule has 1 unspecified atom stereocenters. The molecule has 0 aliphatic rings. The first-order valence-electron chi connectivity index (χ1n) is 3.33. The number of nitrogens with zero attached hydrogens (tertiary/aromatic N) is 1. The maximum absolute atomic E-state index is 4.78. The Kier molecular flexibility index (Phi) is 5.27. The van der Waals surface area contributed by atoms with Crippen LogP contribution in [0.15, 0.2) is 5.16 Å². The average molecular weight is 128 g/mol. The van der Waals surface area contributed by atoms with E-state index in [0.717, 1.165) is 0 Å². The van der Waals surface area contributed by atoms with Gasteiger partial charge in [-0.15, -0.1) is 0 Å². The largest absolute Gasteiger partial charge is 0.395 e. The summed E-state index contributed by atoms with van der Waals surface area (Å²) in [6, 6.07) is 0. The normalized spacial score (nSPS) is 12.7. The summed E-state index contributed by atoms with van der Waals surface area (Å²) in [6.07, 6.45) is 2.37. The van der Waals surface area contributed by atoms with Crippen LogP contribution in [0.5, 0.6) is 0 Å². The molecule has 0 fully saturated rings. The van der Waals surface area contributed by atoms with Crippen molar-refractivity contribution in [1.29, 1.82) is 0 Å². The lowest BCUT2D eigenvalue weighted by Gasteiger charge is -2.05. The highest BCUT2D eigenvalue weighted by Gasteiger charge is 1.98. The Balaban J connectivity index is 3.04. The van der Waals surface area contributed by atoms with Crippen molar-refractivity contribution in [2.75, 3.05) is 6.61 Å². The van der Waals surface area contributed by atoms with Gasteiger partial charge in [-0.25, -0.2) is 0 Å². The summed E-state index contributed by atoms with van der Waals surface area (Å²) >= 11 is 0. The first-order valence-corrected chi connectivity index (χ1v) is 3.33. The van der Waals surface area contributed by atoms with Gasteiger partial charge in [-0.2, -0.15) is 0 Å². The molecule has 0 N–H and O–H groups in total. The third-order valence-electron chi connectivity index (χ3n) is 1.22. The van der Waals surface area contributed by atoms with E-state index in [1.165, 1.54) is 12.8 Å². The lowest BCUT2D eigenvalue weighted by molar-refractivity contribution is 0.112. The number of rotatable bonds is 5. The van der Waals surface area contributed by atoms with Crippen LogP contribution < -0.4 is 0 Å². The molecule has 0 aliphatic heterocycles. The highest BCUT2D eigenvalue weighted by Crippen LogP contribution is 2.04. The number of hydrogen-bond acceptors (Lipinski definition) is 2. The van der Waals surface area contributed by atoms with Gasteiger partial charge < -0.3 is 4.84 Å². The molecule has 2 heteroatoms. The maximum Gasteiger partial charge on any atom is 0.119 e. The van der Waals surface area contributed by atoms with Gasteiger partial charge in [0.05, 0.1) is 6.72 Å². The monoisotopic (exact) mass is 128 g/mol. The Bertz CT molecular complexity index is 73.3. The van der Waals surface area contributed by atoms with Crippen LogP contribution in [-0.4, -0.2) is 13.3 Å². The zero-order valence-electron chi connectivity index (χ0n) is 6.13. The first kappa shape index (κ1) is 8.47. The summed E-state index contributed by atoms with van der Waals surface area (Å²) in [5, 5.41) is 3.06. The summed E-state index contributed by atoms with van der Waals surface area (Å²) in [7, 11) is 0. The Morgan fingerprint density at radius 1 is 1.67 bits per heavy atom. The summed E-state index contributed by atoms with van der Waals surface area (Å²) in [5.41, 5.74) is 0. The molecular formula is C7H14NO. The van der Waals surface area contributed by atoms with E-state index in [0.29, 0.717) is 12.5 Å². The zero-order chi connectivity index (χ0) is 7.11. The van der Waals surface area contributed by atoms with Gasteiger partial charge in [-0.05, 0) is 12.3 Å². The SMILES string of the molecule is [CH]=NOCC(C)CCC. The molecule has 1 atom stereocenters. The van der Waals surface area contributed by atoms with Gasteiger partial charge in [0, 0.05) is 0 Å². The van der Waals surface area contributed by atoms with Crippen molar-refractivity contribution in [3.63, 3.8) is 0 Å². The molecule has 0 aliphatic carbocycles. The van der Waals surface area contributed by atoms with Gasteiger partial charge in [0.2, 0.25) is 0 Å². The standard InChI is InChI=1S/C7H14NO/c1-4-5-7(2)6-9-8-3/h3,7H,4-6H2,1-2H3. The van der Waals surface area contributed by atoms with Crippen LogP contribution in [0.3, 0.4) is 0 Å². The van der Waals surface area contributed by atoms with Crippen molar-refractivity contribution in [2.45, 2.75) is 26.7 Å². The van der Waals surface area contributed by atoms with Crippen molar-refractivity contribution in [3.05, 3.63) is 0 Å². The second-order valence-electron chi connectivity index (χ2n) is 2.30. The smallest absolute Gasteiger partial charge is 0.119 e. The Morgan fingerprint density at radius 3 is 2.78 bits per heavy atom. The number of hydrogen-bond donors (Lipinski definition) is 0. The second kappa shape index (κ2) is 5.60. The van der Waals surface area contributed by atoms with Gasteiger partial charge in [-0.3, -0.25) is 0 Å². The van der Waals surface area contributed by atoms with Crippen molar-refractivity contribution in [3.8, 4) is 0 Å². The predicted molar refractivity (Wildman–Crippen MR) is 38.5 cm³/mol. The highest BCUT2D eigenvalue weighted by molar-refractivity contribution is 5.21. The summed E-state index contributed by atoms with van der Waals surface area (Å²) in [5.74, 6) is 0.572. The van der Waals surface area contributed by atoms with Crippen LogP contribution in [0, 0.1) is 5.92 Å². The van der Waals surface area contributed by atoms with Gasteiger partial charge in [0.15, 0.2) is 0 Å². The van der Waals surface area contributed by atoms with Crippen molar-refractivity contribution >= 4 is 6.72 Å². The Hall–Kier alpha value is -0.530. The van der Waals surface area contributed by atoms with Crippen LogP contribution in [0.4, 0.5) is 0 Å². The molecule has 0 heterocycles. The van der Waals surface area contributed by atoms with Crippen LogP contribution in [0.2, 0.25) is 0 Å². The van der Waals surface area contributed by atoms with Crippen LogP contribution >= 0.6 is 0 Å². The fraction of sp³-hybridized carbons (Fsp3) is 0.857. The summed E-state index contributed by atoms with van der Waals surface area (Å²) in [6.45, 7) is 9.69. The molecule has 0 spiro atoms. The minimum atomic E-state index is 0.572. The lowest BCUT2D eigenvalue weighted by Crippen LogP contribution is -2.01. The molecule has 1 radical (unpaired) electrons. The van der Waals surface area contributed by atoms with Crippen LogP contribution in [0.25, 0.3) is 0 Å². The van der Waals surface area contributed by atoms with Crippen molar-refractivity contribution in [1.82, 2.24) is 0 Å². The van der Waals surface area contributed by atoms with Crippen LogP contribution in [0.1, 0.15) is 26.7 Å². The lowest BCUT2D eigenvalue weighted by atomic mass is 10.1. The topological polar surface area (TPSA) is 21.6 Å². The molecule has 0 bridgehead atoms. The quantitative estimate of drug-likeness (QED) is 0.409. The predicted octanol–water partition coefficient (Wildman–Crippen LogP) is 1.93.